The van der Waals surface area contributed by atoms with Crippen molar-refractivity contribution in [3.63, 3.8) is 0 Å². The van der Waals surface area contributed by atoms with E-state index in [4.69, 9.17) is 4.74 Å². The molecular formula is C21H28N2O2. The van der Waals surface area contributed by atoms with Gasteiger partial charge in [-0.2, -0.15) is 0 Å². The molecule has 0 aliphatic carbocycles. The Hall–Kier alpha value is -2.33. The third-order valence-corrected chi connectivity index (χ3v) is 4.26. The lowest BCUT2D eigenvalue weighted by Crippen LogP contribution is -2.30. The number of aryl methyl sites for hydroxylation is 1. The number of carbonyl (C=O) groups excluding carboxylic acids is 1. The van der Waals surface area contributed by atoms with Gasteiger partial charge in [0.1, 0.15) is 5.75 Å². The highest BCUT2D eigenvalue weighted by Crippen LogP contribution is 2.13. The van der Waals surface area contributed by atoms with Crippen LogP contribution in [-0.2, 0) is 17.9 Å². The Morgan fingerprint density at radius 2 is 1.84 bits per heavy atom. The van der Waals surface area contributed by atoms with Crippen LogP contribution < -0.4 is 10.1 Å². The fourth-order valence-corrected chi connectivity index (χ4v) is 2.43. The van der Waals surface area contributed by atoms with Crippen LogP contribution in [0.15, 0.2) is 48.5 Å². The summed E-state index contributed by atoms with van der Waals surface area (Å²) in [5, 5.41) is 2.94. The lowest BCUT2D eigenvalue weighted by Gasteiger charge is -2.22. The first-order chi connectivity index (χ1) is 12.0. The van der Waals surface area contributed by atoms with E-state index in [9.17, 15) is 4.79 Å². The Labute approximate surface area is 150 Å². The first kappa shape index (κ1) is 19.0. The second-order valence-electron chi connectivity index (χ2n) is 6.66. The van der Waals surface area contributed by atoms with Gasteiger partial charge < -0.3 is 10.1 Å². The maximum atomic E-state index is 12.1. The number of rotatable bonds is 8. The molecule has 0 saturated carbocycles. The van der Waals surface area contributed by atoms with Crippen LogP contribution in [0.5, 0.6) is 5.75 Å². The molecule has 0 aromatic heterocycles. The largest absolute Gasteiger partial charge is 0.484 e. The molecular weight excluding hydrogens is 312 g/mol. The molecule has 2 aromatic rings. The SMILES string of the molecule is Cc1cccc(OCC(=O)NCc2ccccc2CN(C)C(C)C)c1. The highest BCUT2D eigenvalue weighted by atomic mass is 16.5. The topological polar surface area (TPSA) is 41.6 Å². The summed E-state index contributed by atoms with van der Waals surface area (Å²) in [5.74, 6) is 0.600. The van der Waals surface area contributed by atoms with Crippen molar-refractivity contribution in [1.82, 2.24) is 10.2 Å². The molecule has 2 aromatic carbocycles. The minimum atomic E-state index is -0.117. The first-order valence-electron chi connectivity index (χ1n) is 8.69. The van der Waals surface area contributed by atoms with Crippen LogP contribution in [0.25, 0.3) is 0 Å². The van der Waals surface area contributed by atoms with Crippen LogP contribution in [0.2, 0.25) is 0 Å². The van der Waals surface area contributed by atoms with Crippen molar-refractivity contribution in [2.75, 3.05) is 13.7 Å². The lowest BCUT2D eigenvalue weighted by atomic mass is 10.1. The molecule has 1 N–H and O–H groups in total. The van der Waals surface area contributed by atoms with Crippen molar-refractivity contribution in [2.24, 2.45) is 0 Å². The van der Waals surface area contributed by atoms with E-state index in [-0.39, 0.29) is 12.5 Å². The van der Waals surface area contributed by atoms with Crippen molar-refractivity contribution in [3.8, 4) is 5.75 Å². The van der Waals surface area contributed by atoms with Crippen LogP contribution in [0.1, 0.15) is 30.5 Å². The van der Waals surface area contributed by atoms with Gasteiger partial charge in [-0.1, -0.05) is 36.4 Å². The maximum Gasteiger partial charge on any atom is 0.258 e. The Balaban J connectivity index is 1.87. The smallest absolute Gasteiger partial charge is 0.258 e. The van der Waals surface area contributed by atoms with Crippen molar-refractivity contribution >= 4 is 5.91 Å². The monoisotopic (exact) mass is 340 g/mol. The van der Waals surface area contributed by atoms with Gasteiger partial charge in [-0.3, -0.25) is 9.69 Å². The van der Waals surface area contributed by atoms with Crippen molar-refractivity contribution in [3.05, 3.63) is 65.2 Å². The van der Waals surface area contributed by atoms with Gasteiger partial charge in [-0.25, -0.2) is 0 Å². The van der Waals surface area contributed by atoms with Gasteiger partial charge in [0.2, 0.25) is 0 Å². The maximum absolute atomic E-state index is 12.1. The molecule has 1 amide bonds. The Morgan fingerprint density at radius 1 is 1.12 bits per heavy atom. The molecule has 2 rings (SSSR count). The van der Waals surface area contributed by atoms with Gasteiger partial charge >= 0.3 is 0 Å². The zero-order valence-electron chi connectivity index (χ0n) is 15.6. The van der Waals surface area contributed by atoms with Crippen LogP contribution in [0.4, 0.5) is 0 Å². The number of ether oxygens (including phenoxy) is 1. The molecule has 0 aliphatic rings. The highest BCUT2D eigenvalue weighted by Gasteiger charge is 2.09. The Kier molecular flexibility index (Phi) is 7.02. The van der Waals surface area contributed by atoms with Crippen LogP contribution in [0.3, 0.4) is 0 Å². The molecule has 0 radical (unpaired) electrons. The fourth-order valence-electron chi connectivity index (χ4n) is 2.43. The molecule has 0 spiro atoms. The quantitative estimate of drug-likeness (QED) is 0.799. The standard InChI is InChI=1S/C21H28N2O2/c1-16(2)23(4)14-19-10-6-5-9-18(19)13-22-21(24)15-25-20-11-7-8-17(3)12-20/h5-12,16H,13-15H2,1-4H3,(H,22,24). The van der Waals surface area contributed by atoms with E-state index in [0.29, 0.717) is 18.3 Å². The van der Waals surface area contributed by atoms with Crippen LogP contribution in [-0.4, -0.2) is 30.5 Å². The number of nitrogens with zero attached hydrogens (tertiary/aromatic N) is 1. The van der Waals surface area contributed by atoms with E-state index in [2.05, 4.69) is 43.2 Å². The third kappa shape index (κ3) is 6.24. The molecule has 0 unspecified atom stereocenters. The summed E-state index contributed by atoms with van der Waals surface area (Å²) in [7, 11) is 2.11. The number of amides is 1. The molecule has 134 valence electrons. The Bertz CT molecular complexity index is 698. The summed E-state index contributed by atoms with van der Waals surface area (Å²) in [6, 6.07) is 16.4. The zero-order chi connectivity index (χ0) is 18.2. The lowest BCUT2D eigenvalue weighted by molar-refractivity contribution is -0.123. The summed E-state index contributed by atoms with van der Waals surface area (Å²) in [6.07, 6.45) is 0. The average molecular weight is 340 g/mol. The van der Waals surface area contributed by atoms with Gasteiger partial charge in [-0.15, -0.1) is 0 Å². The number of hydrogen-bond donors (Lipinski definition) is 1. The van der Waals surface area contributed by atoms with Gasteiger partial charge in [0.05, 0.1) is 0 Å². The van der Waals surface area contributed by atoms with Crippen molar-refractivity contribution < 1.29 is 9.53 Å². The summed E-state index contributed by atoms with van der Waals surface area (Å²) >= 11 is 0. The summed E-state index contributed by atoms with van der Waals surface area (Å²) in [4.78, 5) is 14.3. The van der Waals surface area contributed by atoms with E-state index >= 15 is 0 Å². The predicted octanol–water partition coefficient (Wildman–Crippen LogP) is 3.53. The van der Waals surface area contributed by atoms with Gasteiger partial charge in [0, 0.05) is 19.1 Å². The molecule has 0 heterocycles. The molecule has 0 saturated heterocycles. The van der Waals surface area contributed by atoms with E-state index < -0.39 is 0 Å². The second-order valence-corrected chi connectivity index (χ2v) is 6.66. The predicted molar refractivity (Wildman–Crippen MR) is 102 cm³/mol. The summed E-state index contributed by atoms with van der Waals surface area (Å²) < 4.78 is 5.54. The van der Waals surface area contributed by atoms with E-state index in [0.717, 1.165) is 17.7 Å². The molecule has 0 atom stereocenters. The molecule has 0 aliphatic heterocycles. The van der Waals surface area contributed by atoms with Gasteiger partial charge in [0.25, 0.3) is 5.91 Å². The first-order valence-corrected chi connectivity index (χ1v) is 8.69. The summed E-state index contributed by atoms with van der Waals surface area (Å²) in [6.45, 7) is 7.75. The molecule has 4 heteroatoms. The second kappa shape index (κ2) is 9.23. The minimum Gasteiger partial charge on any atom is -0.484 e. The normalized spacial score (nSPS) is 11.0. The molecule has 25 heavy (non-hydrogen) atoms. The number of carbonyl (C=O) groups is 1. The average Bonchev–Trinajstić information content (AvgIpc) is 2.59. The fraction of sp³-hybridized carbons (Fsp3) is 0.381. The molecule has 4 nitrogen and oxygen atoms in total. The number of benzene rings is 2. The zero-order valence-corrected chi connectivity index (χ0v) is 15.6. The van der Waals surface area contributed by atoms with Gasteiger partial charge in [-0.05, 0) is 56.6 Å². The molecule has 0 bridgehead atoms. The van der Waals surface area contributed by atoms with E-state index in [1.54, 1.807) is 0 Å². The van der Waals surface area contributed by atoms with Gasteiger partial charge in [0.15, 0.2) is 6.61 Å². The van der Waals surface area contributed by atoms with E-state index in [1.165, 1.54) is 5.56 Å². The van der Waals surface area contributed by atoms with E-state index in [1.807, 2.05) is 43.3 Å². The minimum absolute atomic E-state index is 0.0253. The van der Waals surface area contributed by atoms with Crippen molar-refractivity contribution in [1.29, 1.82) is 0 Å². The van der Waals surface area contributed by atoms with Crippen LogP contribution >= 0.6 is 0 Å². The third-order valence-electron chi connectivity index (χ3n) is 4.26. The Morgan fingerprint density at radius 3 is 2.52 bits per heavy atom. The molecule has 0 fully saturated rings. The highest BCUT2D eigenvalue weighted by molar-refractivity contribution is 5.77. The van der Waals surface area contributed by atoms with Crippen LogP contribution in [0, 0.1) is 6.92 Å². The number of nitrogens with one attached hydrogen (secondary N) is 1. The summed E-state index contributed by atoms with van der Waals surface area (Å²) in [5.41, 5.74) is 3.48. The van der Waals surface area contributed by atoms with Crippen molar-refractivity contribution in [2.45, 2.75) is 39.9 Å². The number of hydrogen-bond acceptors (Lipinski definition) is 3.